The van der Waals surface area contributed by atoms with Crippen molar-refractivity contribution in [3.05, 3.63) is 53.5 Å². The third kappa shape index (κ3) is 5.02. The summed E-state index contributed by atoms with van der Waals surface area (Å²) in [5, 5.41) is 5.89. The third-order valence-electron chi connectivity index (χ3n) is 7.97. The van der Waals surface area contributed by atoms with Gasteiger partial charge in [-0.3, -0.25) is 18.7 Å². The Morgan fingerprint density at radius 3 is 2.72 bits per heavy atom. The van der Waals surface area contributed by atoms with E-state index in [9.17, 15) is 22.8 Å². The number of hydrogen-bond donors (Lipinski definition) is 2. The lowest BCUT2D eigenvalue weighted by atomic mass is 9.92. The number of carbonyl (C=O) groups is 2. The van der Waals surface area contributed by atoms with E-state index in [0.717, 1.165) is 32.4 Å². The lowest BCUT2D eigenvalue weighted by Crippen LogP contribution is -2.41. The first-order chi connectivity index (χ1) is 20.5. The van der Waals surface area contributed by atoms with E-state index in [-0.39, 0.29) is 47.3 Å². The Morgan fingerprint density at radius 2 is 2.00 bits per heavy atom. The van der Waals surface area contributed by atoms with Gasteiger partial charge >= 0.3 is 6.18 Å². The van der Waals surface area contributed by atoms with E-state index in [1.807, 2.05) is 4.90 Å². The number of nitrogens with two attached hydrogens (primary N) is 1. The molecule has 2 fully saturated rings. The third-order valence-corrected chi connectivity index (χ3v) is 7.97. The summed E-state index contributed by atoms with van der Waals surface area (Å²) in [5.74, 6) is -1.47. The molecule has 2 unspecified atom stereocenters. The molecule has 2 amide bonds. The van der Waals surface area contributed by atoms with Crippen molar-refractivity contribution in [3.8, 4) is 17.0 Å². The van der Waals surface area contributed by atoms with Crippen molar-refractivity contribution in [2.24, 2.45) is 7.05 Å². The van der Waals surface area contributed by atoms with Crippen LogP contribution in [0.1, 0.15) is 60.4 Å². The van der Waals surface area contributed by atoms with Crippen LogP contribution in [0.25, 0.3) is 16.8 Å². The first-order valence-corrected chi connectivity index (χ1v) is 13.8. The maximum absolute atomic E-state index is 15.6. The molecule has 15 heteroatoms. The van der Waals surface area contributed by atoms with Crippen LogP contribution in [0, 0.1) is 5.82 Å². The maximum Gasteiger partial charge on any atom is 0.433 e. The van der Waals surface area contributed by atoms with Crippen LogP contribution in [-0.2, 0) is 18.0 Å². The smallest absolute Gasteiger partial charge is 0.433 e. The van der Waals surface area contributed by atoms with E-state index >= 15 is 4.39 Å². The molecule has 2 saturated heterocycles. The van der Waals surface area contributed by atoms with Crippen LogP contribution in [-0.4, -0.2) is 60.1 Å². The molecule has 2 aliphatic heterocycles. The van der Waals surface area contributed by atoms with Crippen molar-refractivity contribution in [2.45, 2.75) is 50.7 Å². The summed E-state index contributed by atoms with van der Waals surface area (Å²) in [6.45, 7) is 2.36. The number of carbonyl (C=O) groups excluding carboxylic acids is 2. The number of hydrogen-bond acceptors (Lipinski definition) is 7. The molecule has 0 saturated carbocycles. The monoisotopic (exact) mass is 600 g/mol. The molecule has 0 bridgehead atoms. The Hall–Kier alpha value is -4.69. The minimum absolute atomic E-state index is 0.105. The van der Waals surface area contributed by atoms with Crippen molar-refractivity contribution in [1.29, 1.82) is 0 Å². The van der Waals surface area contributed by atoms with Crippen molar-refractivity contribution < 1.29 is 31.9 Å². The average molecular weight is 601 g/mol. The Bertz CT molecular complexity index is 1750. The summed E-state index contributed by atoms with van der Waals surface area (Å²) < 4.78 is 63.3. The zero-order valence-electron chi connectivity index (χ0n) is 23.3. The van der Waals surface area contributed by atoms with Gasteiger partial charge in [0.1, 0.15) is 40.1 Å². The Labute approximate surface area is 242 Å². The predicted octanol–water partition coefficient (Wildman–Crippen LogP) is 4.39. The first kappa shape index (κ1) is 28.4. The van der Waals surface area contributed by atoms with E-state index in [2.05, 4.69) is 15.4 Å². The minimum atomic E-state index is -4.69. The predicted molar refractivity (Wildman–Crippen MR) is 147 cm³/mol. The second kappa shape index (κ2) is 10.5. The molecule has 1 aromatic carbocycles. The summed E-state index contributed by atoms with van der Waals surface area (Å²) in [7, 11) is 1.08. The number of amides is 2. The molecular formula is C28H28F4N8O3. The number of nitrogens with one attached hydrogen (secondary N) is 1. The highest BCUT2D eigenvalue weighted by molar-refractivity contribution is 6.05. The molecule has 2 aliphatic rings. The zero-order valence-corrected chi connectivity index (χ0v) is 23.3. The number of rotatable bonds is 6. The van der Waals surface area contributed by atoms with Gasteiger partial charge in [0.15, 0.2) is 5.82 Å². The van der Waals surface area contributed by atoms with Crippen LogP contribution in [0.2, 0.25) is 0 Å². The number of benzene rings is 1. The average Bonchev–Trinajstić information content (AvgIpc) is 3.64. The highest BCUT2D eigenvalue weighted by Crippen LogP contribution is 2.41. The molecular weight excluding hydrogens is 572 g/mol. The Morgan fingerprint density at radius 1 is 1.21 bits per heavy atom. The van der Waals surface area contributed by atoms with Gasteiger partial charge in [-0.05, 0) is 38.3 Å². The van der Waals surface area contributed by atoms with Crippen LogP contribution in [0.3, 0.4) is 0 Å². The van der Waals surface area contributed by atoms with Crippen LogP contribution < -0.4 is 15.8 Å². The second-order valence-electron chi connectivity index (χ2n) is 10.6. The summed E-state index contributed by atoms with van der Waals surface area (Å²) in [4.78, 5) is 36.4. The number of ether oxygens (including phenoxy) is 1. The van der Waals surface area contributed by atoms with Crippen LogP contribution in [0.5, 0.6) is 5.75 Å². The highest BCUT2D eigenvalue weighted by Gasteiger charge is 2.39. The van der Waals surface area contributed by atoms with E-state index in [4.69, 9.17) is 15.5 Å². The van der Waals surface area contributed by atoms with Crippen LogP contribution in [0.4, 0.5) is 29.2 Å². The Balaban J connectivity index is 1.39. The van der Waals surface area contributed by atoms with Crippen molar-refractivity contribution >= 4 is 29.0 Å². The fourth-order valence-electron chi connectivity index (χ4n) is 6.00. The largest absolute Gasteiger partial charge is 0.493 e. The van der Waals surface area contributed by atoms with Crippen molar-refractivity contribution in [2.75, 3.05) is 24.2 Å². The van der Waals surface area contributed by atoms with Gasteiger partial charge in [0.2, 0.25) is 5.91 Å². The van der Waals surface area contributed by atoms with Gasteiger partial charge in [-0.15, -0.1) is 0 Å². The molecule has 5 heterocycles. The van der Waals surface area contributed by atoms with Gasteiger partial charge in [-0.2, -0.15) is 18.3 Å². The van der Waals surface area contributed by atoms with Gasteiger partial charge in [-0.25, -0.2) is 14.4 Å². The van der Waals surface area contributed by atoms with Gasteiger partial charge in [0.25, 0.3) is 5.91 Å². The summed E-state index contributed by atoms with van der Waals surface area (Å²) >= 11 is 0. The number of piperidine rings is 1. The standard InChI is InChI=1S/C28H28F4N8O3/c1-3-43-19-11-16(27(42)35-21-12-20(28(30,31)32)38(2)37-21)18(29)10-17(19)23-24-25(33)34-8-9-39(24)26(36-23)14-4-5-15-6-7-22(41)40(15)13-14/h8-12,14-15H,3-7,13H2,1-2H3,(H2,33,34)(H,35,37,42). The maximum atomic E-state index is 15.6. The quantitative estimate of drug-likeness (QED) is 0.314. The van der Waals surface area contributed by atoms with Gasteiger partial charge in [-0.1, -0.05) is 0 Å². The SMILES string of the molecule is CCOc1cc(C(=O)Nc2cc(C(F)(F)F)n(C)n2)c(F)cc1-c1nc(C2CCC3CCC(=O)N3C2)n2ccnc(N)c12. The molecule has 0 spiro atoms. The summed E-state index contributed by atoms with van der Waals surface area (Å²) in [6.07, 6.45) is 1.56. The molecule has 11 nitrogen and oxygen atoms in total. The van der Waals surface area contributed by atoms with Crippen LogP contribution >= 0.6 is 0 Å². The summed E-state index contributed by atoms with van der Waals surface area (Å²) in [6, 6.07) is 3.14. The van der Waals surface area contributed by atoms with E-state index < -0.39 is 35.0 Å². The van der Waals surface area contributed by atoms with Gasteiger partial charge in [0, 0.05) is 56.0 Å². The fourth-order valence-corrected chi connectivity index (χ4v) is 6.00. The number of nitrogen functional groups attached to an aromatic ring is 1. The number of anilines is 2. The normalized spacial score (nSPS) is 18.7. The number of halogens is 4. The lowest BCUT2D eigenvalue weighted by Gasteiger charge is -2.34. The van der Waals surface area contributed by atoms with Crippen molar-refractivity contribution in [3.63, 3.8) is 0 Å². The molecule has 6 rings (SSSR count). The number of imidazole rings is 1. The fraction of sp³-hybridized carbons (Fsp3) is 0.393. The number of aromatic nitrogens is 5. The molecule has 43 heavy (non-hydrogen) atoms. The van der Waals surface area contributed by atoms with Gasteiger partial charge in [0.05, 0.1) is 12.2 Å². The first-order valence-electron chi connectivity index (χ1n) is 13.8. The molecule has 4 aromatic rings. The molecule has 226 valence electrons. The molecule has 2 atom stereocenters. The molecule has 0 radical (unpaired) electrons. The molecule has 3 aromatic heterocycles. The van der Waals surface area contributed by atoms with Crippen molar-refractivity contribution in [1.82, 2.24) is 29.0 Å². The van der Waals surface area contributed by atoms with Crippen LogP contribution in [0.15, 0.2) is 30.6 Å². The second-order valence-corrected chi connectivity index (χ2v) is 10.6. The minimum Gasteiger partial charge on any atom is -0.493 e. The Kier molecular flexibility index (Phi) is 6.97. The molecule has 3 N–H and O–H groups in total. The highest BCUT2D eigenvalue weighted by atomic mass is 19.4. The van der Waals surface area contributed by atoms with Gasteiger partial charge < -0.3 is 20.7 Å². The lowest BCUT2D eigenvalue weighted by molar-refractivity contribution is -0.143. The zero-order chi connectivity index (χ0) is 30.6. The van der Waals surface area contributed by atoms with E-state index in [1.165, 1.54) is 12.3 Å². The number of fused-ring (bicyclic) bond motifs is 2. The van der Waals surface area contributed by atoms with E-state index in [1.54, 1.807) is 17.5 Å². The van der Waals surface area contributed by atoms with E-state index in [0.29, 0.717) is 35.1 Å². The number of alkyl halides is 3. The topological polar surface area (TPSA) is 133 Å². The number of nitrogens with zero attached hydrogens (tertiary/aromatic N) is 6. The molecule has 0 aliphatic carbocycles. The summed E-state index contributed by atoms with van der Waals surface area (Å²) in [5.41, 5.74) is 5.65. The number of aryl methyl sites for hydroxylation is 1.